The third kappa shape index (κ3) is 5.96. The summed E-state index contributed by atoms with van der Waals surface area (Å²) in [4.78, 5) is 31.9. The minimum Gasteiger partial charge on any atom is -0.457 e. The molecule has 0 aliphatic rings. The van der Waals surface area contributed by atoms with Crippen molar-refractivity contribution in [2.75, 3.05) is 4.90 Å². The van der Waals surface area contributed by atoms with Crippen molar-refractivity contribution < 1.29 is 27.5 Å². The molecule has 222 valence electrons. The first-order chi connectivity index (χ1) is 21.7. The molecule has 6 nitrogen and oxygen atoms in total. The summed E-state index contributed by atoms with van der Waals surface area (Å²) in [5.41, 5.74) is 6.48. The number of alkyl halides is 3. The van der Waals surface area contributed by atoms with Gasteiger partial charge < -0.3 is 10.5 Å². The van der Waals surface area contributed by atoms with Crippen LogP contribution in [0.4, 0.5) is 29.3 Å². The maximum atomic E-state index is 14.0. The Morgan fingerprint density at radius 3 is 2.02 bits per heavy atom. The van der Waals surface area contributed by atoms with Crippen LogP contribution < -0.4 is 15.4 Å². The summed E-state index contributed by atoms with van der Waals surface area (Å²) in [5, 5.41) is 0.136. The van der Waals surface area contributed by atoms with E-state index in [-0.39, 0.29) is 22.0 Å². The fourth-order valence-electron chi connectivity index (χ4n) is 5.17. The van der Waals surface area contributed by atoms with E-state index in [9.17, 15) is 22.8 Å². The maximum Gasteiger partial charge on any atom is 0.418 e. The van der Waals surface area contributed by atoms with Crippen molar-refractivity contribution >= 4 is 34.1 Å². The molecule has 9 heteroatoms. The number of primary amides is 1. The zero-order chi connectivity index (χ0) is 31.6. The van der Waals surface area contributed by atoms with Crippen LogP contribution in [0.5, 0.6) is 11.5 Å². The van der Waals surface area contributed by atoms with Crippen molar-refractivity contribution in [2.45, 2.75) is 6.18 Å². The topological polar surface area (TPSA) is 85.5 Å². The smallest absolute Gasteiger partial charge is 0.418 e. The largest absolute Gasteiger partial charge is 0.457 e. The highest BCUT2D eigenvalue weighted by atomic mass is 19.4. The standard InChI is InChI=1S/C36H24F3N3O3/c37-36(38,39)31-16-8-15-29-32(30(22-41-33(29)31)34(43)23-9-3-1-4-10-23)24-11-7-12-26(21-24)42(35(40)44)25-17-19-28(20-18-25)45-27-13-5-2-6-14-27/h1-22H,(H2,40,44). The monoisotopic (exact) mass is 603 g/mol. The van der Waals surface area contributed by atoms with Crippen molar-refractivity contribution in [1.29, 1.82) is 0 Å². The Labute approximate surface area is 256 Å². The van der Waals surface area contributed by atoms with Crippen LogP contribution in [-0.4, -0.2) is 16.8 Å². The highest BCUT2D eigenvalue weighted by Crippen LogP contribution is 2.40. The van der Waals surface area contributed by atoms with Gasteiger partial charge in [0.2, 0.25) is 0 Å². The molecule has 0 radical (unpaired) electrons. The quantitative estimate of drug-likeness (QED) is 0.184. The molecule has 5 aromatic carbocycles. The molecule has 0 spiro atoms. The zero-order valence-corrected chi connectivity index (χ0v) is 23.5. The average Bonchev–Trinajstić information content (AvgIpc) is 3.05. The summed E-state index contributed by atoms with van der Waals surface area (Å²) in [7, 11) is 0. The van der Waals surface area contributed by atoms with Gasteiger partial charge in [-0.15, -0.1) is 0 Å². The number of ether oxygens (including phenoxy) is 1. The van der Waals surface area contributed by atoms with Crippen LogP contribution in [0.3, 0.4) is 0 Å². The van der Waals surface area contributed by atoms with Crippen LogP contribution in [0.1, 0.15) is 21.5 Å². The van der Waals surface area contributed by atoms with Crippen LogP contribution in [0.15, 0.2) is 134 Å². The number of anilines is 2. The summed E-state index contributed by atoms with van der Waals surface area (Å²) in [6, 6.07) is 33.8. The Kier molecular flexibility index (Phi) is 7.75. The molecule has 0 bridgehead atoms. The van der Waals surface area contributed by atoms with Gasteiger partial charge in [-0.25, -0.2) is 4.79 Å². The number of amides is 2. The molecule has 1 aromatic heterocycles. The number of nitrogens with zero attached hydrogens (tertiary/aromatic N) is 2. The van der Waals surface area contributed by atoms with Gasteiger partial charge in [0, 0.05) is 28.3 Å². The SMILES string of the molecule is NC(=O)N(c1ccc(Oc2ccccc2)cc1)c1cccc(-c2c(C(=O)c3ccccc3)cnc3c(C(F)(F)F)cccc23)c1. The van der Waals surface area contributed by atoms with Gasteiger partial charge in [0.1, 0.15) is 11.5 Å². The highest BCUT2D eigenvalue weighted by molar-refractivity contribution is 6.17. The molecule has 6 rings (SSSR count). The number of aromatic nitrogens is 1. The number of para-hydroxylation sites is 2. The number of carbonyl (C=O) groups excluding carboxylic acids is 2. The van der Waals surface area contributed by atoms with E-state index in [0.29, 0.717) is 34.0 Å². The van der Waals surface area contributed by atoms with E-state index in [1.807, 2.05) is 30.3 Å². The van der Waals surface area contributed by atoms with Crippen LogP contribution in [0.25, 0.3) is 22.0 Å². The summed E-state index contributed by atoms with van der Waals surface area (Å²) >= 11 is 0. The van der Waals surface area contributed by atoms with E-state index in [1.54, 1.807) is 78.9 Å². The first kappa shape index (κ1) is 29.1. The molecule has 0 aliphatic heterocycles. The van der Waals surface area contributed by atoms with E-state index >= 15 is 0 Å². The normalized spacial score (nSPS) is 11.3. The lowest BCUT2D eigenvalue weighted by atomic mass is 9.91. The van der Waals surface area contributed by atoms with E-state index in [1.165, 1.54) is 23.2 Å². The Hall–Kier alpha value is -5.96. The minimum atomic E-state index is -4.67. The molecular formula is C36H24F3N3O3. The fraction of sp³-hybridized carbons (Fsp3) is 0.0278. The molecule has 45 heavy (non-hydrogen) atoms. The van der Waals surface area contributed by atoms with E-state index < -0.39 is 23.6 Å². The van der Waals surface area contributed by atoms with E-state index in [2.05, 4.69) is 4.98 Å². The maximum absolute atomic E-state index is 14.0. The second-order valence-corrected chi connectivity index (χ2v) is 10.1. The van der Waals surface area contributed by atoms with Gasteiger partial charge in [0.05, 0.1) is 22.5 Å². The lowest BCUT2D eigenvalue weighted by Gasteiger charge is -2.22. The van der Waals surface area contributed by atoms with Gasteiger partial charge in [-0.2, -0.15) is 13.2 Å². The highest BCUT2D eigenvalue weighted by Gasteiger charge is 2.34. The van der Waals surface area contributed by atoms with Crippen LogP contribution in [0, 0.1) is 0 Å². The first-order valence-electron chi connectivity index (χ1n) is 13.8. The molecule has 2 amide bonds. The number of pyridine rings is 1. The molecule has 6 aromatic rings. The van der Waals surface area contributed by atoms with Crippen LogP contribution >= 0.6 is 0 Å². The number of hydrogen-bond acceptors (Lipinski definition) is 4. The number of ketones is 1. The summed E-state index contributed by atoms with van der Waals surface area (Å²) in [5.74, 6) is 0.767. The number of benzene rings is 5. The zero-order valence-electron chi connectivity index (χ0n) is 23.5. The molecule has 1 heterocycles. The lowest BCUT2D eigenvalue weighted by molar-refractivity contribution is -0.136. The van der Waals surface area contributed by atoms with Crippen molar-refractivity contribution in [3.63, 3.8) is 0 Å². The number of carbonyl (C=O) groups is 2. The number of rotatable bonds is 7. The summed E-state index contributed by atoms with van der Waals surface area (Å²) < 4.78 is 47.8. The molecular weight excluding hydrogens is 579 g/mol. The third-order valence-corrected chi connectivity index (χ3v) is 7.17. The lowest BCUT2D eigenvalue weighted by Crippen LogP contribution is -2.31. The van der Waals surface area contributed by atoms with Gasteiger partial charge >= 0.3 is 12.2 Å². The molecule has 0 unspecified atom stereocenters. The Morgan fingerprint density at radius 2 is 1.36 bits per heavy atom. The van der Waals surface area contributed by atoms with Crippen molar-refractivity contribution in [3.8, 4) is 22.6 Å². The predicted octanol–water partition coefficient (Wildman–Crippen LogP) is 9.16. The van der Waals surface area contributed by atoms with Gasteiger partial charge in [0.15, 0.2) is 5.78 Å². The Balaban J connectivity index is 1.47. The molecule has 0 aliphatic carbocycles. The van der Waals surface area contributed by atoms with Gasteiger partial charge in [-0.3, -0.25) is 14.7 Å². The van der Waals surface area contributed by atoms with Crippen molar-refractivity contribution in [1.82, 2.24) is 4.98 Å². The number of fused-ring (bicyclic) bond motifs is 1. The number of nitrogens with two attached hydrogens (primary N) is 1. The van der Waals surface area contributed by atoms with Gasteiger partial charge in [0.25, 0.3) is 0 Å². The molecule has 0 fully saturated rings. The third-order valence-electron chi connectivity index (χ3n) is 7.17. The molecule has 0 saturated carbocycles. The number of hydrogen-bond donors (Lipinski definition) is 1. The molecule has 0 saturated heterocycles. The van der Waals surface area contributed by atoms with Crippen molar-refractivity contribution in [3.05, 3.63) is 150 Å². The summed E-state index contributed by atoms with van der Waals surface area (Å²) in [6.07, 6.45) is -3.50. The van der Waals surface area contributed by atoms with Gasteiger partial charge in [-0.1, -0.05) is 72.8 Å². The second-order valence-electron chi connectivity index (χ2n) is 10.1. The Bertz CT molecular complexity index is 2010. The van der Waals surface area contributed by atoms with E-state index in [0.717, 1.165) is 6.07 Å². The first-order valence-corrected chi connectivity index (χ1v) is 13.8. The van der Waals surface area contributed by atoms with E-state index in [4.69, 9.17) is 10.5 Å². The predicted molar refractivity (Wildman–Crippen MR) is 167 cm³/mol. The molecule has 2 N–H and O–H groups in total. The number of halogens is 3. The second kappa shape index (κ2) is 12.0. The average molecular weight is 604 g/mol. The number of urea groups is 1. The van der Waals surface area contributed by atoms with Crippen LogP contribution in [0.2, 0.25) is 0 Å². The van der Waals surface area contributed by atoms with Gasteiger partial charge in [-0.05, 0) is 60.2 Å². The van der Waals surface area contributed by atoms with Crippen molar-refractivity contribution in [2.24, 2.45) is 5.73 Å². The van der Waals surface area contributed by atoms with Crippen LogP contribution in [-0.2, 0) is 6.18 Å². The fourth-order valence-corrected chi connectivity index (χ4v) is 5.17. The minimum absolute atomic E-state index is 0.109. The molecule has 0 atom stereocenters. The Morgan fingerprint density at radius 1 is 0.711 bits per heavy atom. The summed E-state index contributed by atoms with van der Waals surface area (Å²) in [6.45, 7) is 0.